The molecule has 2 rings (SSSR count). The highest BCUT2D eigenvalue weighted by molar-refractivity contribution is 9.09. The Hall–Kier alpha value is 0.350. The molecule has 94 valence electrons. The van der Waals surface area contributed by atoms with Crippen molar-refractivity contribution >= 4 is 26.0 Å². The maximum Gasteiger partial charge on any atom is 0.217 e. The van der Waals surface area contributed by atoms with Crippen molar-refractivity contribution in [1.82, 2.24) is 4.31 Å². The summed E-state index contributed by atoms with van der Waals surface area (Å²) in [6, 6.07) is 0. The van der Waals surface area contributed by atoms with Gasteiger partial charge in [-0.15, -0.1) is 0 Å². The zero-order valence-corrected chi connectivity index (χ0v) is 12.1. The van der Waals surface area contributed by atoms with Crippen LogP contribution < -0.4 is 0 Å². The summed E-state index contributed by atoms with van der Waals surface area (Å²) in [6.07, 6.45) is 1.59. The average molecular weight is 312 g/mol. The summed E-state index contributed by atoms with van der Waals surface area (Å²) < 4.78 is 31.7. The zero-order chi connectivity index (χ0) is 12.0. The predicted molar refractivity (Wildman–Crippen MR) is 66.3 cm³/mol. The second-order valence-corrected chi connectivity index (χ2v) is 8.05. The molecule has 0 N–H and O–H groups in total. The normalized spacial score (nSPS) is 31.6. The fourth-order valence-corrected chi connectivity index (χ4v) is 4.45. The van der Waals surface area contributed by atoms with Gasteiger partial charge < -0.3 is 4.74 Å². The van der Waals surface area contributed by atoms with Gasteiger partial charge in [0.15, 0.2) is 0 Å². The monoisotopic (exact) mass is 311 g/mol. The molecule has 2 aliphatic rings. The summed E-state index contributed by atoms with van der Waals surface area (Å²) in [5.41, 5.74) is -0.390. The van der Waals surface area contributed by atoms with E-state index in [1.807, 2.05) is 13.8 Å². The molecule has 0 amide bonds. The molecule has 1 saturated heterocycles. The van der Waals surface area contributed by atoms with Crippen molar-refractivity contribution in [2.75, 3.05) is 18.4 Å². The number of sulfonamides is 1. The van der Waals surface area contributed by atoms with Crippen LogP contribution in [-0.4, -0.2) is 48.1 Å². The van der Waals surface area contributed by atoms with Crippen LogP contribution in [0.2, 0.25) is 0 Å². The summed E-state index contributed by atoms with van der Waals surface area (Å²) >= 11 is 3.36. The number of nitrogens with zero attached hydrogens (tertiary/aromatic N) is 1. The van der Waals surface area contributed by atoms with E-state index < -0.39 is 15.6 Å². The average Bonchev–Trinajstić information content (AvgIpc) is 2.98. The van der Waals surface area contributed by atoms with Gasteiger partial charge in [0.1, 0.15) is 0 Å². The molecule has 1 aliphatic heterocycles. The first-order chi connectivity index (χ1) is 7.35. The molecule has 0 radical (unpaired) electrons. The standard InChI is InChI=1S/C10H18BrNO3S/c1-10(2)7-12(6-8(5-11)15-10)16(13,14)9-3-4-9/h8-9H,3-7H2,1-2H3. The molecule has 0 aromatic carbocycles. The van der Waals surface area contributed by atoms with E-state index in [-0.39, 0.29) is 11.4 Å². The van der Waals surface area contributed by atoms with Gasteiger partial charge in [0.05, 0.1) is 17.0 Å². The largest absolute Gasteiger partial charge is 0.369 e. The SMILES string of the molecule is CC1(C)CN(S(=O)(=O)C2CC2)CC(CBr)O1. The van der Waals surface area contributed by atoms with E-state index in [1.165, 1.54) is 0 Å². The van der Waals surface area contributed by atoms with Crippen LogP contribution in [0, 0.1) is 0 Å². The third-order valence-electron chi connectivity index (χ3n) is 2.93. The van der Waals surface area contributed by atoms with Crippen molar-refractivity contribution in [3.8, 4) is 0 Å². The Morgan fingerprint density at radius 1 is 1.44 bits per heavy atom. The number of hydrogen-bond acceptors (Lipinski definition) is 3. The van der Waals surface area contributed by atoms with Crippen LogP contribution in [0.5, 0.6) is 0 Å². The molecule has 1 atom stereocenters. The minimum Gasteiger partial charge on any atom is -0.369 e. The zero-order valence-electron chi connectivity index (χ0n) is 9.65. The van der Waals surface area contributed by atoms with Crippen molar-refractivity contribution in [2.45, 2.75) is 43.6 Å². The molecule has 16 heavy (non-hydrogen) atoms. The smallest absolute Gasteiger partial charge is 0.217 e. The molecule has 1 saturated carbocycles. The summed E-state index contributed by atoms with van der Waals surface area (Å²) in [7, 11) is -3.07. The van der Waals surface area contributed by atoms with Crippen molar-refractivity contribution in [3.63, 3.8) is 0 Å². The van der Waals surface area contributed by atoms with E-state index in [4.69, 9.17) is 4.74 Å². The van der Waals surface area contributed by atoms with Gasteiger partial charge in [-0.05, 0) is 26.7 Å². The molecule has 4 nitrogen and oxygen atoms in total. The Morgan fingerprint density at radius 3 is 2.56 bits per heavy atom. The van der Waals surface area contributed by atoms with Crippen LogP contribution in [0.1, 0.15) is 26.7 Å². The first-order valence-electron chi connectivity index (χ1n) is 5.58. The molecule has 6 heteroatoms. The molecule has 0 spiro atoms. The topological polar surface area (TPSA) is 46.6 Å². The minimum absolute atomic E-state index is 0.0442. The maximum atomic E-state index is 12.2. The lowest BCUT2D eigenvalue weighted by Crippen LogP contribution is -2.55. The van der Waals surface area contributed by atoms with Crippen LogP contribution in [-0.2, 0) is 14.8 Å². The fourth-order valence-electron chi connectivity index (χ4n) is 2.09. The maximum absolute atomic E-state index is 12.2. The van der Waals surface area contributed by atoms with Crippen LogP contribution in [0.25, 0.3) is 0 Å². The van der Waals surface area contributed by atoms with Crippen LogP contribution in [0.4, 0.5) is 0 Å². The highest BCUT2D eigenvalue weighted by Crippen LogP contribution is 2.34. The molecular weight excluding hydrogens is 294 g/mol. The summed E-state index contributed by atoms with van der Waals surface area (Å²) in [4.78, 5) is 0. The lowest BCUT2D eigenvalue weighted by molar-refractivity contribution is -0.107. The molecule has 1 unspecified atom stereocenters. The molecular formula is C10H18BrNO3S. The van der Waals surface area contributed by atoms with Crippen molar-refractivity contribution in [3.05, 3.63) is 0 Å². The lowest BCUT2D eigenvalue weighted by Gasteiger charge is -2.41. The van der Waals surface area contributed by atoms with Crippen molar-refractivity contribution < 1.29 is 13.2 Å². The fraction of sp³-hybridized carbons (Fsp3) is 1.00. The summed E-state index contributed by atoms with van der Waals surface area (Å²) in [6.45, 7) is 4.83. The number of halogens is 1. The quantitative estimate of drug-likeness (QED) is 0.739. The number of rotatable bonds is 3. The Bertz CT molecular complexity index is 364. The Labute approximate surface area is 106 Å². The highest BCUT2D eigenvalue weighted by Gasteiger charge is 2.45. The van der Waals surface area contributed by atoms with Crippen molar-refractivity contribution in [1.29, 1.82) is 0 Å². The van der Waals surface area contributed by atoms with Gasteiger partial charge in [0, 0.05) is 18.4 Å². The number of morpholine rings is 1. The Balaban J connectivity index is 2.15. The second-order valence-electron chi connectivity index (χ2n) is 5.19. The highest BCUT2D eigenvalue weighted by atomic mass is 79.9. The summed E-state index contributed by atoms with van der Waals surface area (Å²) in [5.74, 6) is 0. The van der Waals surface area contributed by atoms with Crippen LogP contribution in [0.3, 0.4) is 0 Å². The third-order valence-corrected chi connectivity index (χ3v) is 5.96. The Kier molecular flexibility index (Phi) is 3.38. The molecule has 0 aromatic rings. The third kappa shape index (κ3) is 2.60. The van der Waals surface area contributed by atoms with Gasteiger partial charge in [-0.2, -0.15) is 4.31 Å². The van der Waals surface area contributed by atoms with E-state index in [0.29, 0.717) is 18.4 Å². The first-order valence-corrected chi connectivity index (χ1v) is 8.20. The van der Waals surface area contributed by atoms with Crippen LogP contribution >= 0.6 is 15.9 Å². The second kappa shape index (κ2) is 4.23. The molecule has 1 heterocycles. The van der Waals surface area contributed by atoms with E-state index in [1.54, 1.807) is 4.31 Å². The van der Waals surface area contributed by atoms with Gasteiger partial charge in [-0.1, -0.05) is 15.9 Å². The van der Waals surface area contributed by atoms with Gasteiger partial charge in [-0.25, -0.2) is 8.42 Å². The first kappa shape index (κ1) is 12.8. The van der Waals surface area contributed by atoms with E-state index in [0.717, 1.165) is 12.8 Å². The van der Waals surface area contributed by atoms with E-state index >= 15 is 0 Å². The lowest BCUT2D eigenvalue weighted by atomic mass is 10.1. The summed E-state index contributed by atoms with van der Waals surface area (Å²) in [5, 5.41) is 0.546. The molecule has 0 aromatic heterocycles. The van der Waals surface area contributed by atoms with Crippen molar-refractivity contribution in [2.24, 2.45) is 0 Å². The number of hydrogen-bond donors (Lipinski definition) is 0. The minimum atomic E-state index is -3.07. The van der Waals surface area contributed by atoms with Crippen LogP contribution in [0.15, 0.2) is 0 Å². The van der Waals surface area contributed by atoms with Gasteiger partial charge in [0.25, 0.3) is 0 Å². The van der Waals surface area contributed by atoms with E-state index in [2.05, 4.69) is 15.9 Å². The van der Waals surface area contributed by atoms with Gasteiger partial charge in [-0.3, -0.25) is 0 Å². The van der Waals surface area contributed by atoms with E-state index in [9.17, 15) is 8.42 Å². The number of ether oxygens (including phenoxy) is 1. The number of alkyl halides is 1. The molecule has 0 bridgehead atoms. The molecule has 2 fully saturated rings. The predicted octanol–water partition coefficient (Wildman–Crippen LogP) is 1.35. The van der Waals surface area contributed by atoms with Gasteiger partial charge >= 0.3 is 0 Å². The Morgan fingerprint density at radius 2 is 2.06 bits per heavy atom. The van der Waals surface area contributed by atoms with Gasteiger partial charge in [0.2, 0.25) is 10.0 Å². The molecule has 1 aliphatic carbocycles.